The van der Waals surface area contributed by atoms with Crippen LogP contribution in [-0.4, -0.2) is 11.0 Å². The molecule has 2 nitrogen and oxygen atoms in total. The number of aromatic nitrogens is 1. The number of nitrogens with one attached hydrogen (secondary N) is 1. The molecule has 3 heteroatoms. The van der Waals surface area contributed by atoms with E-state index in [1.54, 1.807) is 0 Å². The molecule has 0 atom stereocenters. The fraction of sp³-hybridized carbons (Fsp3) is 0.417. The molecule has 1 heterocycles. The summed E-state index contributed by atoms with van der Waals surface area (Å²) in [7, 11) is 0. The second-order valence-corrected chi connectivity index (χ2v) is 5.30. The van der Waals surface area contributed by atoms with Gasteiger partial charge in [-0.15, -0.1) is 11.3 Å². The minimum absolute atomic E-state index is 0.762. The van der Waals surface area contributed by atoms with Gasteiger partial charge in [0.25, 0.3) is 0 Å². The Morgan fingerprint density at radius 3 is 3.07 bits per heavy atom. The topological polar surface area (TPSA) is 24.9 Å². The van der Waals surface area contributed by atoms with Gasteiger partial charge in [0.1, 0.15) is 5.01 Å². The van der Waals surface area contributed by atoms with Gasteiger partial charge >= 0.3 is 0 Å². The van der Waals surface area contributed by atoms with Crippen LogP contribution in [0.3, 0.4) is 0 Å². The Hall–Kier alpha value is -0.930. The van der Waals surface area contributed by atoms with E-state index in [-0.39, 0.29) is 0 Å². The van der Waals surface area contributed by atoms with Crippen LogP contribution in [0.25, 0.3) is 10.2 Å². The van der Waals surface area contributed by atoms with Crippen molar-refractivity contribution in [3.63, 3.8) is 0 Å². The molecule has 0 unspecified atom stereocenters. The average molecular weight is 218 g/mol. The van der Waals surface area contributed by atoms with Crippen molar-refractivity contribution in [1.82, 2.24) is 10.3 Å². The number of hydrogen-bond donors (Lipinski definition) is 1. The zero-order chi connectivity index (χ0) is 10.3. The van der Waals surface area contributed by atoms with Gasteiger partial charge in [-0.3, -0.25) is 0 Å². The molecule has 0 bridgehead atoms. The summed E-state index contributed by atoms with van der Waals surface area (Å²) in [5.74, 6) is 0. The Morgan fingerprint density at radius 1 is 1.47 bits per heavy atom. The van der Waals surface area contributed by atoms with Gasteiger partial charge in [0, 0.05) is 12.6 Å². The van der Waals surface area contributed by atoms with E-state index in [1.807, 2.05) is 11.3 Å². The van der Waals surface area contributed by atoms with Gasteiger partial charge in [-0.2, -0.15) is 0 Å². The molecule has 0 spiro atoms. The summed E-state index contributed by atoms with van der Waals surface area (Å²) < 4.78 is 1.31. The quantitative estimate of drug-likeness (QED) is 0.857. The van der Waals surface area contributed by atoms with Crippen LogP contribution in [0.1, 0.15) is 23.4 Å². The molecule has 0 amide bonds. The van der Waals surface area contributed by atoms with Crippen LogP contribution in [0, 0.1) is 6.92 Å². The SMILES string of the molecule is Cc1cccc2sc(CNC3CC3)nc12. The molecule has 1 N–H and O–H groups in total. The molecule has 1 fully saturated rings. The third-order valence-electron chi connectivity index (χ3n) is 2.78. The number of hydrogen-bond acceptors (Lipinski definition) is 3. The molecule has 1 aliphatic rings. The molecular weight excluding hydrogens is 204 g/mol. The molecule has 1 aliphatic carbocycles. The molecule has 0 aliphatic heterocycles. The van der Waals surface area contributed by atoms with Gasteiger partial charge in [0.15, 0.2) is 0 Å². The third kappa shape index (κ3) is 1.90. The lowest BCUT2D eigenvalue weighted by atomic mass is 10.2. The van der Waals surface area contributed by atoms with E-state index in [9.17, 15) is 0 Å². The van der Waals surface area contributed by atoms with Gasteiger partial charge in [0.2, 0.25) is 0 Å². The van der Waals surface area contributed by atoms with Gasteiger partial charge < -0.3 is 5.32 Å². The van der Waals surface area contributed by atoms with E-state index in [4.69, 9.17) is 0 Å². The van der Waals surface area contributed by atoms with Crippen LogP contribution < -0.4 is 5.32 Å². The Kier molecular flexibility index (Phi) is 2.22. The molecule has 1 aromatic heterocycles. The van der Waals surface area contributed by atoms with Crippen molar-refractivity contribution in [2.45, 2.75) is 32.4 Å². The first-order valence-electron chi connectivity index (χ1n) is 5.41. The van der Waals surface area contributed by atoms with E-state index in [0.717, 1.165) is 12.6 Å². The Labute approximate surface area is 93.3 Å². The van der Waals surface area contributed by atoms with Gasteiger partial charge in [0.05, 0.1) is 10.2 Å². The van der Waals surface area contributed by atoms with E-state index < -0.39 is 0 Å². The number of rotatable bonds is 3. The summed E-state index contributed by atoms with van der Waals surface area (Å²) in [6.07, 6.45) is 2.67. The molecule has 15 heavy (non-hydrogen) atoms. The lowest BCUT2D eigenvalue weighted by Crippen LogP contribution is -2.14. The van der Waals surface area contributed by atoms with E-state index in [2.05, 4.69) is 35.4 Å². The Morgan fingerprint density at radius 2 is 2.33 bits per heavy atom. The smallest absolute Gasteiger partial charge is 0.108 e. The monoisotopic (exact) mass is 218 g/mol. The first-order valence-corrected chi connectivity index (χ1v) is 6.23. The maximum Gasteiger partial charge on any atom is 0.108 e. The minimum atomic E-state index is 0.762. The normalized spacial score (nSPS) is 16.1. The van der Waals surface area contributed by atoms with Crippen LogP contribution in [0.5, 0.6) is 0 Å². The predicted molar refractivity (Wildman–Crippen MR) is 64.2 cm³/mol. The molecule has 2 aromatic rings. The fourth-order valence-electron chi connectivity index (χ4n) is 1.73. The number of fused-ring (bicyclic) bond motifs is 1. The largest absolute Gasteiger partial charge is 0.308 e. The van der Waals surface area contributed by atoms with Crippen molar-refractivity contribution in [3.05, 3.63) is 28.8 Å². The van der Waals surface area contributed by atoms with Crippen LogP contribution >= 0.6 is 11.3 Å². The Balaban J connectivity index is 1.88. The Bertz CT molecular complexity index is 485. The summed E-state index contributed by atoms with van der Waals surface area (Å²) in [6, 6.07) is 7.15. The molecule has 3 rings (SSSR count). The predicted octanol–water partition coefficient (Wildman–Crippen LogP) is 2.86. The number of nitrogens with zero attached hydrogens (tertiary/aromatic N) is 1. The van der Waals surface area contributed by atoms with Crippen LogP contribution in [0.15, 0.2) is 18.2 Å². The van der Waals surface area contributed by atoms with E-state index >= 15 is 0 Å². The molecule has 0 radical (unpaired) electrons. The number of para-hydroxylation sites is 1. The van der Waals surface area contributed by atoms with Crippen molar-refractivity contribution < 1.29 is 0 Å². The minimum Gasteiger partial charge on any atom is -0.308 e. The summed E-state index contributed by atoms with van der Waals surface area (Å²) in [5.41, 5.74) is 2.46. The lowest BCUT2D eigenvalue weighted by Gasteiger charge is -1.96. The second kappa shape index (κ2) is 3.58. The highest BCUT2D eigenvalue weighted by Gasteiger charge is 2.20. The number of benzene rings is 1. The first kappa shape index (κ1) is 9.31. The van der Waals surface area contributed by atoms with Gasteiger partial charge in [-0.05, 0) is 31.4 Å². The fourth-order valence-corrected chi connectivity index (χ4v) is 2.72. The first-order chi connectivity index (χ1) is 7.33. The van der Waals surface area contributed by atoms with Gasteiger partial charge in [-0.25, -0.2) is 4.98 Å². The molecule has 78 valence electrons. The van der Waals surface area contributed by atoms with E-state index in [1.165, 1.54) is 33.6 Å². The van der Waals surface area contributed by atoms with Crippen molar-refractivity contribution in [1.29, 1.82) is 0 Å². The third-order valence-corrected chi connectivity index (χ3v) is 3.80. The standard InChI is InChI=1S/C12H14N2S/c1-8-3-2-4-10-12(8)14-11(15-10)7-13-9-5-6-9/h2-4,9,13H,5-7H2,1H3. The van der Waals surface area contributed by atoms with Crippen molar-refractivity contribution in [3.8, 4) is 0 Å². The van der Waals surface area contributed by atoms with Crippen molar-refractivity contribution >= 4 is 21.6 Å². The summed E-state index contributed by atoms with van der Waals surface area (Å²) in [4.78, 5) is 4.67. The molecule has 1 aromatic carbocycles. The summed E-state index contributed by atoms with van der Waals surface area (Å²) in [5, 5.41) is 4.72. The average Bonchev–Trinajstić information content (AvgIpc) is 2.95. The highest BCUT2D eigenvalue weighted by molar-refractivity contribution is 7.18. The molecule has 1 saturated carbocycles. The highest BCUT2D eigenvalue weighted by atomic mass is 32.1. The number of thiazole rings is 1. The highest BCUT2D eigenvalue weighted by Crippen LogP contribution is 2.25. The second-order valence-electron chi connectivity index (χ2n) is 4.18. The van der Waals surface area contributed by atoms with Crippen molar-refractivity contribution in [2.24, 2.45) is 0 Å². The lowest BCUT2D eigenvalue weighted by molar-refractivity contribution is 0.685. The summed E-state index contributed by atoms with van der Waals surface area (Å²) in [6.45, 7) is 3.06. The maximum absolute atomic E-state index is 4.67. The van der Waals surface area contributed by atoms with Crippen LogP contribution in [0.4, 0.5) is 0 Å². The van der Waals surface area contributed by atoms with Crippen LogP contribution in [-0.2, 0) is 6.54 Å². The summed E-state index contributed by atoms with van der Waals surface area (Å²) >= 11 is 1.81. The van der Waals surface area contributed by atoms with Crippen LogP contribution in [0.2, 0.25) is 0 Å². The molecule has 0 saturated heterocycles. The zero-order valence-corrected chi connectivity index (χ0v) is 9.60. The van der Waals surface area contributed by atoms with Gasteiger partial charge in [-0.1, -0.05) is 12.1 Å². The molecular formula is C12H14N2S. The zero-order valence-electron chi connectivity index (χ0n) is 8.79. The number of aryl methyl sites for hydroxylation is 1. The maximum atomic E-state index is 4.67. The van der Waals surface area contributed by atoms with Crippen molar-refractivity contribution in [2.75, 3.05) is 0 Å². The van der Waals surface area contributed by atoms with E-state index in [0.29, 0.717) is 0 Å².